The topological polar surface area (TPSA) is 79.1 Å². The third-order valence-electron chi connectivity index (χ3n) is 3.24. The van der Waals surface area contributed by atoms with E-state index in [0.717, 1.165) is 17.1 Å². The zero-order valence-corrected chi connectivity index (χ0v) is 13.6. The number of benzene rings is 2. The van der Waals surface area contributed by atoms with Crippen molar-refractivity contribution in [3.63, 3.8) is 0 Å². The lowest BCUT2D eigenvalue weighted by Crippen LogP contribution is -2.25. The Kier molecular flexibility index (Phi) is 4.80. The van der Waals surface area contributed by atoms with E-state index in [0.29, 0.717) is 17.1 Å². The van der Waals surface area contributed by atoms with Crippen molar-refractivity contribution in [3.05, 3.63) is 71.6 Å². The van der Waals surface area contributed by atoms with Gasteiger partial charge in [0.1, 0.15) is 17.3 Å². The summed E-state index contributed by atoms with van der Waals surface area (Å²) in [6.45, 7) is 0. The fraction of sp³-hybridized carbons (Fsp3) is 0. The van der Waals surface area contributed by atoms with Crippen LogP contribution < -0.4 is 11.2 Å². The van der Waals surface area contributed by atoms with Crippen molar-refractivity contribution in [1.29, 1.82) is 0 Å². The molecule has 8 heteroatoms. The SMILES string of the molecule is NC(=S)N/N=C(/C=C/c1cc(F)cc(F)c1)c1nc2ccccc2[nH]1. The predicted molar refractivity (Wildman–Crippen MR) is 97.9 cm³/mol. The minimum Gasteiger partial charge on any atom is -0.375 e. The second-order valence-electron chi connectivity index (χ2n) is 5.11. The molecule has 0 bridgehead atoms. The normalized spacial score (nSPS) is 12.0. The van der Waals surface area contributed by atoms with Gasteiger partial charge in [-0.3, -0.25) is 5.43 Å². The van der Waals surface area contributed by atoms with E-state index in [2.05, 4.69) is 20.5 Å². The third kappa shape index (κ3) is 4.24. The summed E-state index contributed by atoms with van der Waals surface area (Å²) in [7, 11) is 0. The molecule has 2 aromatic carbocycles. The van der Waals surface area contributed by atoms with Gasteiger partial charge in [0.05, 0.1) is 11.0 Å². The van der Waals surface area contributed by atoms with Gasteiger partial charge in [0.25, 0.3) is 0 Å². The van der Waals surface area contributed by atoms with Gasteiger partial charge in [0.2, 0.25) is 0 Å². The maximum atomic E-state index is 13.3. The molecular weight excluding hydrogens is 344 g/mol. The number of fused-ring (bicyclic) bond motifs is 1. The van der Waals surface area contributed by atoms with Crippen LogP contribution in [-0.2, 0) is 0 Å². The smallest absolute Gasteiger partial charge is 0.184 e. The molecule has 1 aromatic heterocycles. The maximum Gasteiger partial charge on any atom is 0.184 e. The van der Waals surface area contributed by atoms with Crippen LogP contribution in [0.3, 0.4) is 0 Å². The number of hydrazone groups is 1. The first-order valence-electron chi connectivity index (χ1n) is 7.24. The molecule has 0 amide bonds. The molecule has 5 nitrogen and oxygen atoms in total. The summed E-state index contributed by atoms with van der Waals surface area (Å²) in [6.07, 6.45) is 3.07. The monoisotopic (exact) mass is 357 g/mol. The second kappa shape index (κ2) is 7.18. The number of halogens is 2. The summed E-state index contributed by atoms with van der Waals surface area (Å²) in [5.41, 5.74) is 10.2. The van der Waals surface area contributed by atoms with Crippen LogP contribution in [0.4, 0.5) is 8.78 Å². The Hall–Kier alpha value is -3.13. The summed E-state index contributed by atoms with van der Waals surface area (Å²) < 4.78 is 26.6. The Morgan fingerprint density at radius 3 is 2.60 bits per heavy atom. The van der Waals surface area contributed by atoms with Crippen LogP contribution in [0.2, 0.25) is 0 Å². The Bertz CT molecular complexity index is 940. The molecule has 0 spiro atoms. The van der Waals surface area contributed by atoms with E-state index in [1.54, 1.807) is 6.08 Å². The summed E-state index contributed by atoms with van der Waals surface area (Å²) in [4.78, 5) is 7.54. The first-order valence-corrected chi connectivity index (χ1v) is 7.64. The van der Waals surface area contributed by atoms with Crippen molar-refractivity contribution < 1.29 is 8.78 Å². The molecule has 0 fully saturated rings. The third-order valence-corrected chi connectivity index (χ3v) is 3.33. The number of hydrogen-bond donors (Lipinski definition) is 3. The molecule has 0 aliphatic rings. The van der Waals surface area contributed by atoms with Gasteiger partial charge in [-0.1, -0.05) is 18.2 Å². The lowest BCUT2D eigenvalue weighted by atomic mass is 10.2. The Balaban J connectivity index is 1.98. The molecule has 0 saturated heterocycles. The number of imidazole rings is 1. The molecular formula is C17H13F2N5S. The molecule has 0 aliphatic carbocycles. The average Bonchev–Trinajstić information content (AvgIpc) is 2.97. The second-order valence-corrected chi connectivity index (χ2v) is 5.55. The van der Waals surface area contributed by atoms with Crippen molar-refractivity contribution >= 4 is 40.2 Å². The first-order chi connectivity index (χ1) is 12.0. The molecule has 3 rings (SSSR count). The van der Waals surface area contributed by atoms with Crippen molar-refractivity contribution in [2.24, 2.45) is 10.8 Å². The fourth-order valence-corrected chi connectivity index (χ4v) is 2.25. The number of nitrogens with two attached hydrogens (primary N) is 1. The number of rotatable bonds is 4. The molecule has 0 atom stereocenters. The molecule has 0 unspecified atom stereocenters. The highest BCUT2D eigenvalue weighted by molar-refractivity contribution is 7.80. The van der Waals surface area contributed by atoms with Crippen LogP contribution in [0, 0.1) is 11.6 Å². The lowest BCUT2D eigenvalue weighted by molar-refractivity contribution is 0.583. The summed E-state index contributed by atoms with van der Waals surface area (Å²) in [6, 6.07) is 10.7. The number of nitrogens with one attached hydrogen (secondary N) is 2. The van der Waals surface area contributed by atoms with Gasteiger partial charge in [0, 0.05) is 6.07 Å². The summed E-state index contributed by atoms with van der Waals surface area (Å²) in [5.74, 6) is -0.871. The van der Waals surface area contributed by atoms with Crippen LogP contribution >= 0.6 is 12.2 Å². The fourth-order valence-electron chi connectivity index (χ4n) is 2.21. The zero-order chi connectivity index (χ0) is 17.8. The molecule has 126 valence electrons. The molecule has 3 aromatic rings. The van der Waals surface area contributed by atoms with Gasteiger partial charge in [-0.2, -0.15) is 5.10 Å². The van der Waals surface area contributed by atoms with E-state index in [4.69, 9.17) is 18.0 Å². The standard InChI is InChI=1S/C17H13F2N5S/c18-11-7-10(8-12(19)9-11)5-6-15(23-24-17(20)25)16-21-13-3-1-2-4-14(13)22-16/h1-9H,(H,21,22)(H3,20,24,25)/b6-5+,23-15-. The Morgan fingerprint density at radius 2 is 1.92 bits per heavy atom. The highest BCUT2D eigenvalue weighted by atomic mass is 32.1. The summed E-state index contributed by atoms with van der Waals surface area (Å²) >= 11 is 4.75. The van der Waals surface area contributed by atoms with Crippen molar-refractivity contribution in [2.75, 3.05) is 0 Å². The highest BCUT2D eigenvalue weighted by Gasteiger charge is 2.08. The van der Waals surface area contributed by atoms with E-state index in [1.807, 2.05) is 24.3 Å². The van der Waals surface area contributed by atoms with E-state index < -0.39 is 11.6 Å². The molecule has 0 saturated carbocycles. The van der Waals surface area contributed by atoms with Gasteiger partial charge in [-0.25, -0.2) is 13.8 Å². The zero-order valence-electron chi connectivity index (χ0n) is 12.8. The quantitative estimate of drug-likeness (QED) is 0.381. The number of allylic oxidation sites excluding steroid dienone is 1. The summed E-state index contributed by atoms with van der Waals surface area (Å²) in [5, 5.41) is 4.07. The highest BCUT2D eigenvalue weighted by Crippen LogP contribution is 2.13. The minimum atomic E-state index is -0.664. The lowest BCUT2D eigenvalue weighted by Gasteiger charge is -2.00. The largest absolute Gasteiger partial charge is 0.375 e. The first kappa shape index (κ1) is 16.7. The Labute approximate surface area is 147 Å². The predicted octanol–water partition coefficient (Wildman–Crippen LogP) is 3.09. The number of aromatic amines is 1. The van der Waals surface area contributed by atoms with E-state index in [1.165, 1.54) is 18.2 Å². The van der Waals surface area contributed by atoms with Crippen LogP contribution in [0.15, 0.2) is 53.6 Å². The maximum absolute atomic E-state index is 13.3. The van der Waals surface area contributed by atoms with Crippen molar-refractivity contribution in [3.8, 4) is 0 Å². The van der Waals surface area contributed by atoms with Crippen LogP contribution in [0.1, 0.15) is 11.4 Å². The molecule has 25 heavy (non-hydrogen) atoms. The van der Waals surface area contributed by atoms with Gasteiger partial charge < -0.3 is 10.7 Å². The number of thiocarbonyl (C=S) groups is 1. The van der Waals surface area contributed by atoms with Crippen LogP contribution in [0.25, 0.3) is 17.1 Å². The van der Waals surface area contributed by atoms with Crippen molar-refractivity contribution in [1.82, 2.24) is 15.4 Å². The van der Waals surface area contributed by atoms with Gasteiger partial charge in [0.15, 0.2) is 10.9 Å². The van der Waals surface area contributed by atoms with E-state index in [-0.39, 0.29) is 5.11 Å². The number of para-hydroxylation sites is 2. The number of hydrogen-bond acceptors (Lipinski definition) is 3. The molecule has 0 radical (unpaired) electrons. The number of nitrogens with zero attached hydrogens (tertiary/aromatic N) is 2. The number of H-pyrrole nitrogens is 1. The van der Waals surface area contributed by atoms with Crippen LogP contribution in [0.5, 0.6) is 0 Å². The average molecular weight is 357 g/mol. The van der Waals surface area contributed by atoms with E-state index >= 15 is 0 Å². The van der Waals surface area contributed by atoms with Gasteiger partial charge in [-0.15, -0.1) is 0 Å². The molecule has 0 aliphatic heterocycles. The minimum absolute atomic E-state index is 0.0150. The number of aromatic nitrogens is 2. The molecule has 4 N–H and O–H groups in total. The van der Waals surface area contributed by atoms with E-state index in [9.17, 15) is 8.78 Å². The van der Waals surface area contributed by atoms with Gasteiger partial charge in [-0.05, 0) is 48.1 Å². The van der Waals surface area contributed by atoms with Gasteiger partial charge >= 0.3 is 0 Å². The van der Waals surface area contributed by atoms with Crippen molar-refractivity contribution in [2.45, 2.75) is 0 Å². The Morgan fingerprint density at radius 1 is 1.20 bits per heavy atom. The molecule has 1 heterocycles. The van der Waals surface area contributed by atoms with Crippen LogP contribution in [-0.4, -0.2) is 20.8 Å².